The highest BCUT2D eigenvalue weighted by Gasteiger charge is 2.35. The largest absolute Gasteiger partial charge is 0.340 e. The molecule has 0 radical (unpaired) electrons. The van der Waals surface area contributed by atoms with Crippen LogP contribution in [0.3, 0.4) is 0 Å². The van der Waals surface area contributed by atoms with Crippen molar-refractivity contribution in [2.24, 2.45) is 0 Å². The Kier molecular flexibility index (Phi) is 5.45. The number of carbonyl (C=O) groups excluding carboxylic acids is 3. The van der Waals surface area contributed by atoms with E-state index in [0.29, 0.717) is 24.2 Å². The van der Waals surface area contributed by atoms with Crippen LogP contribution in [-0.4, -0.2) is 65.1 Å². The SMILES string of the molecule is O=C(CCN1C(=O)c2ccccc2C1=O)N1CCN(Cc2cccc3ccccc23)CC1. The van der Waals surface area contributed by atoms with Gasteiger partial charge in [0, 0.05) is 45.7 Å². The molecule has 3 amide bonds. The first-order valence-corrected chi connectivity index (χ1v) is 11.0. The van der Waals surface area contributed by atoms with Crippen LogP contribution in [0.1, 0.15) is 32.7 Å². The lowest BCUT2D eigenvalue weighted by molar-refractivity contribution is -0.133. The quantitative estimate of drug-likeness (QED) is 0.587. The maximum absolute atomic E-state index is 12.7. The van der Waals surface area contributed by atoms with E-state index in [0.717, 1.165) is 19.6 Å². The van der Waals surface area contributed by atoms with E-state index in [9.17, 15) is 14.4 Å². The predicted octanol–water partition coefficient (Wildman–Crippen LogP) is 3.17. The van der Waals surface area contributed by atoms with E-state index in [1.54, 1.807) is 24.3 Å². The lowest BCUT2D eigenvalue weighted by Crippen LogP contribution is -2.49. The molecule has 1 fully saturated rings. The highest BCUT2D eigenvalue weighted by molar-refractivity contribution is 6.21. The number of piperazine rings is 1. The Morgan fingerprint density at radius 3 is 2.09 bits per heavy atom. The number of imide groups is 1. The summed E-state index contributed by atoms with van der Waals surface area (Å²) in [5.41, 5.74) is 2.15. The fourth-order valence-corrected chi connectivity index (χ4v) is 4.63. The molecular formula is C26H25N3O3. The number of nitrogens with zero attached hydrogens (tertiary/aromatic N) is 3. The van der Waals surface area contributed by atoms with Gasteiger partial charge in [-0.1, -0.05) is 54.6 Å². The summed E-state index contributed by atoms with van der Waals surface area (Å²) >= 11 is 0. The fourth-order valence-electron chi connectivity index (χ4n) is 4.63. The summed E-state index contributed by atoms with van der Waals surface area (Å²) in [6.07, 6.45) is 0.161. The van der Waals surface area contributed by atoms with E-state index in [-0.39, 0.29) is 30.7 Å². The van der Waals surface area contributed by atoms with Crippen LogP contribution < -0.4 is 0 Å². The molecule has 32 heavy (non-hydrogen) atoms. The van der Waals surface area contributed by atoms with Gasteiger partial charge in [0.1, 0.15) is 0 Å². The van der Waals surface area contributed by atoms with Crippen LogP contribution in [0.5, 0.6) is 0 Å². The first-order chi connectivity index (χ1) is 15.6. The third-order valence-electron chi connectivity index (χ3n) is 6.43. The first-order valence-electron chi connectivity index (χ1n) is 11.0. The van der Waals surface area contributed by atoms with Crippen LogP contribution in [0, 0.1) is 0 Å². The molecule has 6 nitrogen and oxygen atoms in total. The third-order valence-corrected chi connectivity index (χ3v) is 6.43. The summed E-state index contributed by atoms with van der Waals surface area (Å²) in [5.74, 6) is -0.622. The maximum atomic E-state index is 12.7. The number of fused-ring (bicyclic) bond motifs is 2. The molecule has 2 heterocycles. The molecule has 0 spiro atoms. The average molecular weight is 428 g/mol. The average Bonchev–Trinajstić information content (AvgIpc) is 3.08. The van der Waals surface area contributed by atoms with Gasteiger partial charge in [-0.3, -0.25) is 24.2 Å². The first kappa shape index (κ1) is 20.4. The van der Waals surface area contributed by atoms with Gasteiger partial charge in [0.15, 0.2) is 0 Å². The molecule has 162 valence electrons. The highest BCUT2D eigenvalue weighted by Crippen LogP contribution is 2.23. The van der Waals surface area contributed by atoms with Gasteiger partial charge in [-0.05, 0) is 28.5 Å². The molecule has 0 atom stereocenters. The van der Waals surface area contributed by atoms with Gasteiger partial charge in [-0.25, -0.2) is 0 Å². The predicted molar refractivity (Wildman–Crippen MR) is 122 cm³/mol. The van der Waals surface area contributed by atoms with Crippen molar-refractivity contribution in [3.8, 4) is 0 Å². The Morgan fingerprint density at radius 1 is 0.750 bits per heavy atom. The number of amides is 3. The van der Waals surface area contributed by atoms with Crippen molar-refractivity contribution in [3.63, 3.8) is 0 Å². The highest BCUT2D eigenvalue weighted by atomic mass is 16.2. The number of benzene rings is 3. The molecule has 0 aliphatic carbocycles. The van der Waals surface area contributed by atoms with Crippen molar-refractivity contribution in [1.82, 2.24) is 14.7 Å². The van der Waals surface area contributed by atoms with E-state index in [1.165, 1.54) is 21.2 Å². The summed E-state index contributed by atoms with van der Waals surface area (Å²) in [5, 5.41) is 2.52. The van der Waals surface area contributed by atoms with E-state index in [4.69, 9.17) is 0 Å². The molecule has 6 heteroatoms. The van der Waals surface area contributed by atoms with Gasteiger partial charge in [0.25, 0.3) is 11.8 Å². The van der Waals surface area contributed by atoms with Crippen LogP contribution in [0.15, 0.2) is 66.7 Å². The summed E-state index contributed by atoms with van der Waals surface area (Å²) in [6, 6.07) is 21.6. The molecule has 0 aromatic heterocycles. The number of hydrogen-bond donors (Lipinski definition) is 0. The minimum absolute atomic E-state index is 0.00799. The van der Waals surface area contributed by atoms with Crippen LogP contribution in [0.4, 0.5) is 0 Å². The second-order valence-electron chi connectivity index (χ2n) is 8.35. The van der Waals surface area contributed by atoms with Crippen molar-refractivity contribution < 1.29 is 14.4 Å². The molecule has 0 N–H and O–H groups in total. The van der Waals surface area contributed by atoms with Crippen molar-refractivity contribution >= 4 is 28.5 Å². The summed E-state index contributed by atoms with van der Waals surface area (Å²) < 4.78 is 0. The zero-order valence-corrected chi connectivity index (χ0v) is 17.9. The molecule has 2 aliphatic heterocycles. The molecule has 0 unspecified atom stereocenters. The Hall–Kier alpha value is -3.51. The Bertz CT molecular complexity index is 1160. The molecule has 2 aliphatic rings. The second kappa shape index (κ2) is 8.55. The van der Waals surface area contributed by atoms with Crippen LogP contribution in [0.25, 0.3) is 10.8 Å². The van der Waals surface area contributed by atoms with Crippen molar-refractivity contribution in [2.45, 2.75) is 13.0 Å². The summed E-state index contributed by atoms with van der Waals surface area (Å²) in [7, 11) is 0. The van der Waals surface area contributed by atoms with Gasteiger partial charge in [0.2, 0.25) is 5.91 Å². The van der Waals surface area contributed by atoms with Gasteiger partial charge in [-0.2, -0.15) is 0 Å². The van der Waals surface area contributed by atoms with Gasteiger partial charge in [-0.15, -0.1) is 0 Å². The molecular weight excluding hydrogens is 402 g/mol. The Labute approximate surface area is 187 Å². The monoisotopic (exact) mass is 427 g/mol. The lowest BCUT2D eigenvalue weighted by Gasteiger charge is -2.35. The van der Waals surface area contributed by atoms with Crippen molar-refractivity contribution in [1.29, 1.82) is 0 Å². The molecule has 0 bridgehead atoms. The van der Waals surface area contributed by atoms with E-state index in [1.807, 2.05) is 4.90 Å². The van der Waals surface area contributed by atoms with E-state index >= 15 is 0 Å². The van der Waals surface area contributed by atoms with Crippen LogP contribution >= 0.6 is 0 Å². The van der Waals surface area contributed by atoms with Gasteiger partial charge < -0.3 is 4.90 Å². The van der Waals surface area contributed by atoms with Gasteiger partial charge >= 0.3 is 0 Å². The van der Waals surface area contributed by atoms with Crippen LogP contribution in [-0.2, 0) is 11.3 Å². The minimum atomic E-state index is -0.307. The molecule has 1 saturated heterocycles. The summed E-state index contributed by atoms with van der Waals surface area (Å²) in [6.45, 7) is 3.92. The van der Waals surface area contributed by atoms with Crippen molar-refractivity contribution in [3.05, 3.63) is 83.4 Å². The molecule has 5 rings (SSSR count). The Balaban J connectivity index is 1.14. The standard InChI is InChI=1S/C26H25N3O3/c30-24(12-13-29-25(31)22-10-3-4-11-23(22)26(29)32)28-16-14-27(15-17-28)18-20-8-5-7-19-6-1-2-9-21(19)20/h1-11H,12-18H2. The number of carbonyl (C=O) groups is 3. The van der Waals surface area contributed by atoms with Gasteiger partial charge in [0.05, 0.1) is 11.1 Å². The second-order valence-corrected chi connectivity index (χ2v) is 8.35. The number of rotatable bonds is 5. The van der Waals surface area contributed by atoms with E-state index < -0.39 is 0 Å². The normalized spacial score (nSPS) is 16.6. The fraction of sp³-hybridized carbons (Fsp3) is 0.269. The topological polar surface area (TPSA) is 60.9 Å². The zero-order valence-electron chi connectivity index (χ0n) is 17.9. The van der Waals surface area contributed by atoms with Crippen LogP contribution in [0.2, 0.25) is 0 Å². The summed E-state index contributed by atoms with van der Waals surface area (Å²) in [4.78, 5) is 43.1. The third kappa shape index (κ3) is 3.78. The van der Waals surface area contributed by atoms with E-state index in [2.05, 4.69) is 47.4 Å². The number of hydrogen-bond acceptors (Lipinski definition) is 4. The van der Waals surface area contributed by atoms with Crippen molar-refractivity contribution in [2.75, 3.05) is 32.7 Å². The lowest BCUT2D eigenvalue weighted by atomic mass is 10.0. The Morgan fingerprint density at radius 2 is 1.38 bits per heavy atom. The smallest absolute Gasteiger partial charge is 0.261 e. The molecule has 3 aromatic rings. The molecule has 0 saturated carbocycles. The maximum Gasteiger partial charge on any atom is 0.261 e. The molecule has 3 aromatic carbocycles. The zero-order chi connectivity index (χ0) is 22.1. The minimum Gasteiger partial charge on any atom is -0.340 e.